The summed E-state index contributed by atoms with van der Waals surface area (Å²) < 4.78 is 5.44. The van der Waals surface area contributed by atoms with Gasteiger partial charge in [0.25, 0.3) is 0 Å². The second-order valence-electron chi connectivity index (χ2n) is 2.60. The molecule has 0 saturated carbocycles. The number of nitriles is 1. The van der Waals surface area contributed by atoms with E-state index in [4.69, 9.17) is 10.00 Å². The fourth-order valence-electron chi connectivity index (χ4n) is 1.17. The van der Waals surface area contributed by atoms with E-state index in [0.29, 0.717) is 17.4 Å². The molecular formula is C7H10BrNO. The van der Waals surface area contributed by atoms with Gasteiger partial charge >= 0.3 is 0 Å². The molecule has 1 heterocycles. The summed E-state index contributed by atoms with van der Waals surface area (Å²) in [6.45, 7) is 2.03. The van der Waals surface area contributed by atoms with Crippen molar-refractivity contribution in [3.63, 3.8) is 0 Å². The molecule has 0 radical (unpaired) electrons. The van der Waals surface area contributed by atoms with E-state index in [0.717, 1.165) is 6.42 Å². The van der Waals surface area contributed by atoms with Gasteiger partial charge in [0.2, 0.25) is 0 Å². The third-order valence-corrected chi connectivity index (χ3v) is 2.62. The zero-order valence-corrected chi connectivity index (χ0v) is 7.47. The minimum atomic E-state index is 0.111. The lowest BCUT2D eigenvalue weighted by molar-refractivity contribution is 0.0604. The average Bonchev–Trinajstić information content (AvgIpc) is 2.13. The van der Waals surface area contributed by atoms with Gasteiger partial charge in [-0.05, 0) is 13.3 Å². The van der Waals surface area contributed by atoms with Gasteiger partial charge in [-0.25, -0.2) is 0 Å². The molecule has 1 aliphatic rings. The van der Waals surface area contributed by atoms with Gasteiger partial charge in [-0.1, -0.05) is 15.9 Å². The maximum atomic E-state index is 8.38. The van der Waals surface area contributed by atoms with Gasteiger partial charge in [-0.2, -0.15) is 5.26 Å². The fraction of sp³-hybridized carbons (Fsp3) is 0.857. The summed E-state index contributed by atoms with van der Waals surface area (Å²) in [5.41, 5.74) is 0. The molecule has 0 aromatic rings. The molecule has 0 spiro atoms. The highest BCUT2D eigenvalue weighted by molar-refractivity contribution is 9.09. The first-order valence-corrected chi connectivity index (χ1v) is 4.32. The van der Waals surface area contributed by atoms with Crippen LogP contribution < -0.4 is 0 Å². The average molecular weight is 204 g/mol. The number of alkyl halides is 1. The van der Waals surface area contributed by atoms with Gasteiger partial charge in [0.05, 0.1) is 24.7 Å². The van der Waals surface area contributed by atoms with Crippen LogP contribution in [0.1, 0.15) is 19.8 Å². The van der Waals surface area contributed by atoms with Crippen LogP contribution >= 0.6 is 15.9 Å². The van der Waals surface area contributed by atoms with Crippen molar-refractivity contribution in [3.8, 4) is 6.07 Å². The number of hydrogen-bond acceptors (Lipinski definition) is 2. The number of nitrogens with zero attached hydrogens (tertiary/aromatic N) is 1. The lowest BCUT2D eigenvalue weighted by Crippen LogP contribution is -2.14. The molecule has 1 rings (SSSR count). The van der Waals surface area contributed by atoms with Crippen LogP contribution in [0.25, 0.3) is 0 Å². The molecule has 0 amide bonds. The van der Waals surface area contributed by atoms with Gasteiger partial charge in [-0.3, -0.25) is 0 Å². The van der Waals surface area contributed by atoms with Crippen LogP contribution in [-0.2, 0) is 4.74 Å². The Balaban J connectivity index is 2.40. The molecule has 0 aromatic heterocycles. The predicted molar refractivity (Wildman–Crippen MR) is 41.9 cm³/mol. The number of rotatable bonds is 1. The SMILES string of the molecule is CC1CC(Br)C(CC#N)O1. The Kier molecular flexibility index (Phi) is 2.70. The molecule has 3 heteroatoms. The summed E-state index contributed by atoms with van der Waals surface area (Å²) >= 11 is 3.47. The van der Waals surface area contributed by atoms with Gasteiger partial charge in [0.1, 0.15) is 0 Å². The maximum absolute atomic E-state index is 8.38. The summed E-state index contributed by atoms with van der Waals surface area (Å²) in [6.07, 6.45) is 1.94. The van der Waals surface area contributed by atoms with Gasteiger partial charge in [0.15, 0.2) is 0 Å². The predicted octanol–water partition coefficient (Wildman–Crippen LogP) is 1.84. The fourth-order valence-corrected chi connectivity index (χ4v) is 2.01. The van der Waals surface area contributed by atoms with Crippen molar-refractivity contribution >= 4 is 15.9 Å². The maximum Gasteiger partial charge on any atom is 0.0834 e. The second-order valence-corrected chi connectivity index (χ2v) is 3.78. The molecular weight excluding hydrogens is 194 g/mol. The summed E-state index contributed by atoms with van der Waals surface area (Å²) in [5, 5.41) is 8.38. The topological polar surface area (TPSA) is 33.0 Å². The third kappa shape index (κ3) is 1.71. The Morgan fingerprint density at radius 2 is 2.50 bits per heavy atom. The lowest BCUT2D eigenvalue weighted by Gasteiger charge is -2.07. The van der Waals surface area contributed by atoms with E-state index in [9.17, 15) is 0 Å². The quantitative estimate of drug-likeness (QED) is 0.610. The van der Waals surface area contributed by atoms with Gasteiger partial charge < -0.3 is 4.74 Å². The van der Waals surface area contributed by atoms with E-state index in [1.54, 1.807) is 0 Å². The highest BCUT2D eigenvalue weighted by Gasteiger charge is 2.30. The van der Waals surface area contributed by atoms with E-state index in [2.05, 4.69) is 22.0 Å². The van der Waals surface area contributed by atoms with Crippen LogP contribution in [-0.4, -0.2) is 17.0 Å². The molecule has 1 aliphatic heterocycles. The van der Waals surface area contributed by atoms with E-state index < -0.39 is 0 Å². The van der Waals surface area contributed by atoms with Gasteiger partial charge in [-0.15, -0.1) is 0 Å². The summed E-state index contributed by atoms with van der Waals surface area (Å²) in [6, 6.07) is 2.11. The van der Waals surface area contributed by atoms with Crippen LogP contribution in [0.15, 0.2) is 0 Å². The van der Waals surface area contributed by atoms with E-state index in [1.165, 1.54) is 0 Å². The van der Waals surface area contributed by atoms with E-state index in [1.807, 2.05) is 6.92 Å². The molecule has 1 saturated heterocycles. The zero-order valence-electron chi connectivity index (χ0n) is 5.88. The molecule has 3 atom stereocenters. The number of ether oxygens (including phenoxy) is 1. The standard InChI is InChI=1S/C7H10BrNO/c1-5-4-6(8)7(10-5)2-3-9/h5-7H,2,4H2,1H3. The summed E-state index contributed by atoms with van der Waals surface area (Å²) in [5.74, 6) is 0. The molecule has 0 bridgehead atoms. The Bertz CT molecular complexity index is 154. The lowest BCUT2D eigenvalue weighted by atomic mass is 10.2. The van der Waals surface area contributed by atoms with Crippen LogP contribution in [0.2, 0.25) is 0 Å². The van der Waals surface area contributed by atoms with E-state index in [-0.39, 0.29) is 6.10 Å². The first kappa shape index (κ1) is 8.03. The molecule has 1 fully saturated rings. The molecule has 3 unspecified atom stereocenters. The smallest absolute Gasteiger partial charge is 0.0834 e. The molecule has 0 aromatic carbocycles. The Hall–Kier alpha value is -0.0700. The highest BCUT2D eigenvalue weighted by atomic mass is 79.9. The molecule has 0 aliphatic carbocycles. The molecule has 56 valence electrons. The Morgan fingerprint density at radius 1 is 1.80 bits per heavy atom. The highest BCUT2D eigenvalue weighted by Crippen LogP contribution is 2.27. The number of halogens is 1. The van der Waals surface area contributed by atoms with Crippen LogP contribution in [0.3, 0.4) is 0 Å². The van der Waals surface area contributed by atoms with Crippen molar-refractivity contribution in [2.24, 2.45) is 0 Å². The third-order valence-electron chi connectivity index (χ3n) is 1.66. The normalized spacial score (nSPS) is 39.5. The first-order valence-electron chi connectivity index (χ1n) is 3.40. The molecule has 2 nitrogen and oxygen atoms in total. The second kappa shape index (κ2) is 3.36. The van der Waals surface area contributed by atoms with Crippen LogP contribution in [0.4, 0.5) is 0 Å². The van der Waals surface area contributed by atoms with Crippen molar-refractivity contribution in [2.45, 2.75) is 36.8 Å². The minimum Gasteiger partial charge on any atom is -0.373 e. The zero-order chi connectivity index (χ0) is 7.56. The minimum absolute atomic E-state index is 0.111. The number of hydrogen-bond donors (Lipinski definition) is 0. The Labute approximate surface area is 69.3 Å². The molecule has 0 N–H and O–H groups in total. The van der Waals surface area contributed by atoms with Crippen LogP contribution in [0.5, 0.6) is 0 Å². The van der Waals surface area contributed by atoms with Crippen molar-refractivity contribution in [1.29, 1.82) is 5.26 Å². The Morgan fingerprint density at radius 3 is 2.90 bits per heavy atom. The van der Waals surface area contributed by atoms with E-state index >= 15 is 0 Å². The van der Waals surface area contributed by atoms with Crippen molar-refractivity contribution in [1.82, 2.24) is 0 Å². The summed E-state index contributed by atoms with van der Waals surface area (Å²) in [7, 11) is 0. The van der Waals surface area contributed by atoms with Crippen molar-refractivity contribution in [3.05, 3.63) is 0 Å². The van der Waals surface area contributed by atoms with Gasteiger partial charge in [0, 0.05) is 4.83 Å². The largest absolute Gasteiger partial charge is 0.373 e. The van der Waals surface area contributed by atoms with Crippen molar-refractivity contribution in [2.75, 3.05) is 0 Å². The van der Waals surface area contributed by atoms with Crippen molar-refractivity contribution < 1.29 is 4.74 Å². The monoisotopic (exact) mass is 203 g/mol. The summed E-state index contributed by atoms with van der Waals surface area (Å²) in [4.78, 5) is 0.377. The van der Waals surface area contributed by atoms with Crippen LogP contribution in [0, 0.1) is 11.3 Å². The molecule has 10 heavy (non-hydrogen) atoms. The first-order chi connectivity index (χ1) is 4.74.